The zero-order chi connectivity index (χ0) is 17.2. The highest BCUT2D eigenvalue weighted by molar-refractivity contribution is 6.45. The number of hydrogen-bond donors (Lipinski definition) is 1. The summed E-state index contributed by atoms with van der Waals surface area (Å²) in [7, 11) is 0. The Bertz CT molecular complexity index is 437. The molecular formula is C20H35NO2. The zero-order valence-electron chi connectivity index (χ0n) is 15.5. The lowest BCUT2D eigenvalue weighted by Crippen LogP contribution is -2.26. The second-order valence-corrected chi connectivity index (χ2v) is 6.93. The number of unbranched alkanes of at least 4 members (excludes halogenated alkanes) is 2. The highest BCUT2D eigenvalue weighted by Gasteiger charge is 2.30. The highest BCUT2D eigenvalue weighted by atomic mass is 16.4. The van der Waals surface area contributed by atoms with Crippen LogP contribution in [0.2, 0.25) is 0 Å². The van der Waals surface area contributed by atoms with Crippen molar-refractivity contribution in [2.24, 2.45) is 16.8 Å². The van der Waals surface area contributed by atoms with Gasteiger partial charge in [0, 0.05) is 11.3 Å². The van der Waals surface area contributed by atoms with E-state index in [-0.39, 0.29) is 0 Å². The molecule has 0 aromatic rings. The number of carbonyl (C=O) groups is 1. The lowest BCUT2D eigenvalue weighted by molar-refractivity contribution is -0.129. The summed E-state index contributed by atoms with van der Waals surface area (Å²) in [6.45, 7) is 8.88. The second-order valence-electron chi connectivity index (χ2n) is 6.93. The predicted molar refractivity (Wildman–Crippen MR) is 97.9 cm³/mol. The van der Waals surface area contributed by atoms with Gasteiger partial charge in [-0.2, -0.15) is 0 Å². The fourth-order valence-corrected chi connectivity index (χ4v) is 3.36. The smallest absolute Gasteiger partial charge is 0.354 e. The minimum absolute atomic E-state index is 0.334. The van der Waals surface area contributed by atoms with Crippen molar-refractivity contribution < 1.29 is 9.90 Å². The molecule has 1 rings (SSSR count). The number of hydrogen-bond acceptors (Lipinski definition) is 2. The molecule has 2 unspecified atom stereocenters. The summed E-state index contributed by atoms with van der Waals surface area (Å²) in [6.07, 6.45) is 11.5. The molecule has 3 nitrogen and oxygen atoms in total. The molecule has 0 aromatic carbocycles. The molecule has 0 saturated heterocycles. The van der Waals surface area contributed by atoms with Gasteiger partial charge in [-0.1, -0.05) is 79.1 Å². The van der Waals surface area contributed by atoms with Crippen molar-refractivity contribution in [2.45, 2.75) is 91.9 Å². The van der Waals surface area contributed by atoms with E-state index >= 15 is 0 Å². The van der Waals surface area contributed by atoms with Crippen LogP contribution >= 0.6 is 0 Å². The van der Waals surface area contributed by atoms with Gasteiger partial charge in [-0.15, -0.1) is 0 Å². The largest absolute Gasteiger partial charge is 0.477 e. The maximum atomic E-state index is 11.4. The van der Waals surface area contributed by atoms with Crippen molar-refractivity contribution in [2.75, 3.05) is 0 Å². The van der Waals surface area contributed by atoms with Gasteiger partial charge < -0.3 is 5.11 Å². The first kappa shape index (κ1) is 19.9. The summed E-state index contributed by atoms with van der Waals surface area (Å²) in [5.74, 6) is 0.394. The molecule has 0 amide bonds. The van der Waals surface area contributed by atoms with Gasteiger partial charge in [-0.25, -0.2) is 9.79 Å². The van der Waals surface area contributed by atoms with Crippen LogP contribution in [0.1, 0.15) is 91.9 Å². The second kappa shape index (κ2) is 10.6. The number of carboxylic acids is 1. The van der Waals surface area contributed by atoms with Gasteiger partial charge in [0.1, 0.15) is 0 Å². The van der Waals surface area contributed by atoms with E-state index < -0.39 is 5.97 Å². The molecule has 0 bridgehead atoms. The standard InChI is InChI=1S/C20H35NO2/c1-5-9-11-15(7-3)13-17-18(21-19(17)20(22)23)14-16(8-4)12-10-6-2/h15-16H,5-14H2,1-4H3,(H,22,23). The minimum Gasteiger partial charge on any atom is -0.477 e. The molecule has 2 atom stereocenters. The van der Waals surface area contributed by atoms with Gasteiger partial charge in [-0.3, -0.25) is 0 Å². The molecule has 0 saturated carbocycles. The molecule has 3 heteroatoms. The number of allylic oxidation sites excluding steroid dienone is 1. The molecule has 0 fully saturated rings. The third-order valence-corrected chi connectivity index (χ3v) is 5.14. The highest BCUT2D eigenvalue weighted by Crippen LogP contribution is 2.35. The molecule has 132 valence electrons. The van der Waals surface area contributed by atoms with Crippen LogP contribution in [-0.4, -0.2) is 16.8 Å². The third-order valence-electron chi connectivity index (χ3n) is 5.14. The Hall–Kier alpha value is -1.12. The zero-order valence-corrected chi connectivity index (χ0v) is 15.5. The van der Waals surface area contributed by atoms with Crippen LogP contribution in [0, 0.1) is 11.8 Å². The molecule has 1 aliphatic rings. The molecule has 0 aliphatic carbocycles. The quantitative estimate of drug-likeness (QED) is 0.453. The lowest BCUT2D eigenvalue weighted by Gasteiger charge is -2.26. The lowest BCUT2D eigenvalue weighted by atomic mass is 9.83. The summed E-state index contributed by atoms with van der Waals surface area (Å²) < 4.78 is 0. The fourth-order valence-electron chi connectivity index (χ4n) is 3.36. The summed E-state index contributed by atoms with van der Waals surface area (Å²) in [6, 6.07) is 0. The predicted octanol–water partition coefficient (Wildman–Crippen LogP) is 5.99. The minimum atomic E-state index is -0.851. The van der Waals surface area contributed by atoms with Crippen LogP contribution in [0.3, 0.4) is 0 Å². The molecule has 0 spiro atoms. The summed E-state index contributed by atoms with van der Waals surface area (Å²) in [5, 5.41) is 9.35. The fraction of sp³-hybridized carbons (Fsp3) is 0.800. The Morgan fingerprint density at radius 1 is 0.957 bits per heavy atom. The third kappa shape index (κ3) is 6.12. The van der Waals surface area contributed by atoms with Gasteiger partial charge in [-0.05, 0) is 24.7 Å². The Morgan fingerprint density at radius 3 is 1.91 bits per heavy atom. The number of carboxylic acid groups (broad SMARTS) is 1. The first-order chi connectivity index (χ1) is 11.1. The summed E-state index contributed by atoms with van der Waals surface area (Å²) >= 11 is 0. The van der Waals surface area contributed by atoms with Crippen LogP contribution in [0.5, 0.6) is 0 Å². The average Bonchev–Trinajstić information content (AvgIpc) is 2.53. The van der Waals surface area contributed by atoms with E-state index in [9.17, 15) is 9.90 Å². The summed E-state index contributed by atoms with van der Waals surface area (Å²) in [4.78, 5) is 15.7. The maximum absolute atomic E-state index is 11.4. The van der Waals surface area contributed by atoms with Crippen LogP contribution < -0.4 is 0 Å². The SMILES string of the molecule is CCCCC(CC)CC1=C(CC(CC)CCCC)C(C(=O)O)=N1. The molecule has 1 heterocycles. The van der Waals surface area contributed by atoms with Crippen LogP contribution in [0.4, 0.5) is 0 Å². The van der Waals surface area contributed by atoms with E-state index in [1.807, 2.05) is 0 Å². The van der Waals surface area contributed by atoms with Gasteiger partial charge in [0.25, 0.3) is 0 Å². The van der Waals surface area contributed by atoms with Crippen LogP contribution in [0.15, 0.2) is 16.3 Å². The number of aliphatic imine (C=N–C) groups is 1. The van der Waals surface area contributed by atoms with Gasteiger partial charge in [0.2, 0.25) is 0 Å². The molecule has 0 aromatic heterocycles. The van der Waals surface area contributed by atoms with E-state index in [2.05, 4.69) is 32.7 Å². The molecular weight excluding hydrogens is 286 g/mol. The normalized spacial score (nSPS) is 16.8. The van der Waals surface area contributed by atoms with Crippen molar-refractivity contribution in [3.8, 4) is 0 Å². The van der Waals surface area contributed by atoms with Gasteiger partial charge >= 0.3 is 5.97 Å². The Labute approximate surface area is 142 Å². The van der Waals surface area contributed by atoms with Crippen molar-refractivity contribution >= 4 is 11.7 Å². The Kier molecular flexibility index (Phi) is 9.20. The molecule has 0 radical (unpaired) electrons. The van der Waals surface area contributed by atoms with Crippen LogP contribution in [0.25, 0.3) is 0 Å². The summed E-state index contributed by atoms with van der Waals surface area (Å²) in [5.41, 5.74) is 2.47. The Morgan fingerprint density at radius 2 is 1.48 bits per heavy atom. The first-order valence-electron chi connectivity index (χ1n) is 9.61. The molecule has 1 N–H and O–H groups in total. The van der Waals surface area contributed by atoms with E-state index in [0.29, 0.717) is 17.5 Å². The van der Waals surface area contributed by atoms with Crippen LogP contribution in [-0.2, 0) is 4.79 Å². The van der Waals surface area contributed by atoms with Crippen molar-refractivity contribution in [1.29, 1.82) is 0 Å². The first-order valence-corrected chi connectivity index (χ1v) is 9.61. The number of rotatable bonds is 13. The average molecular weight is 322 g/mol. The molecule has 23 heavy (non-hydrogen) atoms. The van der Waals surface area contributed by atoms with E-state index in [0.717, 1.165) is 37.0 Å². The van der Waals surface area contributed by atoms with Crippen molar-refractivity contribution in [1.82, 2.24) is 0 Å². The van der Waals surface area contributed by atoms with Crippen molar-refractivity contribution in [3.05, 3.63) is 11.3 Å². The topological polar surface area (TPSA) is 49.7 Å². The monoisotopic (exact) mass is 321 g/mol. The molecule has 1 aliphatic heterocycles. The van der Waals surface area contributed by atoms with E-state index in [4.69, 9.17) is 0 Å². The van der Waals surface area contributed by atoms with E-state index in [1.165, 1.54) is 38.5 Å². The van der Waals surface area contributed by atoms with Gasteiger partial charge in [0.05, 0.1) is 0 Å². The number of aliphatic carboxylic acids is 1. The maximum Gasteiger partial charge on any atom is 0.354 e. The van der Waals surface area contributed by atoms with Gasteiger partial charge in [0.15, 0.2) is 5.71 Å². The Balaban J connectivity index is 2.74. The van der Waals surface area contributed by atoms with Crippen molar-refractivity contribution in [3.63, 3.8) is 0 Å². The van der Waals surface area contributed by atoms with E-state index in [1.54, 1.807) is 0 Å². The number of nitrogens with zero attached hydrogens (tertiary/aromatic N) is 1.